The smallest absolute Gasteiger partial charge is 0.317 e. The molecule has 0 aromatic carbocycles. The lowest BCUT2D eigenvalue weighted by molar-refractivity contribution is -0.153. The van der Waals surface area contributed by atoms with Gasteiger partial charge in [0.15, 0.2) is 0 Å². The summed E-state index contributed by atoms with van der Waals surface area (Å²) in [5.74, 6) is -0.996. The Kier molecular flexibility index (Phi) is 4.60. The molecule has 0 atom stereocenters. The van der Waals surface area contributed by atoms with Crippen LogP contribution in [-0.2, 0) is 19.1 Å². The van der Waals surface area contributed by atoms with E-state index in [0.29, 0.717) is 0 Å². The molecule has 0 radical (unpaired) electrons. The van der Waals surface area contributed by atoms with Crippen LogP contribution in [0.3, 0.4) is 0 Å². The normalized spacial score (nSPS) is 15.0. The summed E-state index contributed by atoms with van der Waals surface area (Å²) in [6.07, 6.45) is 8.58. The molecule has 0 aromatic rings. The van der Waals surface area contributed by atoms with Gasteiger partial charge in [-0.3, -0.25) is 9.59 Å². The van der Waals surface area contributed by atoms with Gasteiger partial charge in [0.1, 0.15) is 13.0 Å². The second kappa shape index (κ2) is 6.01. The first kappa shape index (κ1) is 11.5. The highest BCUT2D eigenvalue weighted by molar-refractivity contribution is 5.91. The quantitative estimate of drug-likeness (QED) is 0.398. The van der Waals surface area contributed by atoms with Gasteiger partial charge in [-0.15, -0.1) is 0 Å². The van der Waals surface area contributed by atoms with E-state index in [9.17, 15) is 9.59 Å². The molecule has 0 unspecified atom stereocenters. The Hall–Kier alpha value is -1.58. The molecule has 0 saturated heterocycles. The summed E-state index contributed by atoms with van der Waals surface area (Å²) in [4.78, 5) is 21.8. The fraction of sp³-hybridized carbons (Fsp3) is 0.455. The number of carbonyl (C=O) groups is 2. The van der Waals surface area contributed by atoms with Gasteiger partial charge in [0, 0.05) is 5.92 Å². The van der Waals surface area contributed by atoms with E-state index in [1.165, 1.54) is 7.11 Å². The first-order valence-electron chi connectivity index (χ1n) is 4.78. The van der Waals surface area contributed by atoms with Crippen LogP contribution in [0.15, 0.2) is 24.3 Å². The minimum Gasteiger partial charge on any atom is -0.469 e. The van der Waals surface area contributed by atoms with Crippen LogP contribution in [0.5, 0.6) is 0 Å². The van der Waals surface area contributed by atoms with E-state index < -0.39 is 11.9 Å². The molecule has 0 aliphatic heterocycles. The zero-order chi connectivity index (χ0) is 11.1. The lowest BCUT2D eigenvalue weighted by atomic mass is 10.0. The molecule has 1 aliphatic carbocycles. The van der Waals surface area contributed by atoms with Crippen molar-refractivity contribution in [3.05, 3.63) is 24.3 Å². The third-order valence-corrected chi connectivity index (χ3v) is 1.99. The van der Waals surface area contributed by atoms with Gasteiger partial charge in [0.25, 0.3) is 0 Å². The van der Waals surface area contributed by atoms with Crippen molar-refractivity contribution in [2.45, 2.75) is 12.8 Å². The minimum absolute atomic E-state index is 0.125. The lowest BCUT2D eigenvalue weighted by Crippen LogP contribution is -2.16. The molecular weight excluding hydrogens is 196 g/mol. The van der Waals surface area contributed by atoms with Crippen LogP contribution >= 0.6 is 0 Å². The highest BCUT2D eigenvalue weighted by atomic mass is 16.5. The highest BCUT2D eigenvalue weighted by Crippen LogP contribution is 2.09. The van der Waals surface area contributed by atoms with Gasteiger partial charge in [-0.1, -0.05) is 24.3 Å². The maximum absolute atomic E-state index is 11.1. The average molecular weight is 210 g/mol. The number of esters is 2. The van der Waals surface area contributed by atoms with E-state index in [1.807, 2.05) is 24.3 Å². The molecular formula is C11H14O4. The van der Waals surface area contributed by atoms with E-state index in [0.717, 1.165) is 6.42 Å². The van der Waals surface area contributed by atoms with Crippen LogP contribution in [0.1, 0.15) is 12.8 Å². The Morgan fingerprint density at radius 1 is 1.27 bits per heavy atom. The van der Waals surface area contributed by atoms with Crippen molar-refractivity contribution in [2.24, 2.45) is 5.92 Å². The van der Waals surface area contributed by atoms with Crippen LogP contribution in [0.2, 0.25) is 0 Å². The summed E-state index contributed by atoms with van der Waals surface area (Å²) in [5, 5.41) is 0. The van der Waals surface area contributed by atoms with E-state index in [2.05, 4.69) is 4.74 Å². The van der Waals surface area contributed by atoms with Gasteiger partial charge in [-0.25, -0.2) is 0 Å². The van der Waals surface area contributed by atoms with Gasteiger partial charge in [0.05, 0.1) is 7.11 Å². The fourth-order valence-electron chi connectivity index (χ4n) is 1.19. The topological polar surface area (TPSA) is 52.6 Å². The van der Waals surface area contributed by atoms with E-state index >= 15 is 0 Å². The van der Waals surface area contributed by atoms with Crippen molar-refractivity contribution in [3.8, 4) is 0 Å². The highest BCUT2D eigenvalue weighted by Gasteiger charge is 2.12. The molecule has 0 heterocycles. The van der Waals surface area contributed by atoms with Crippen molar-refractivity contribution in [1.82, 2.24) is 0 Å². The van der Waals surface area contributed by atoms with Gasteiger partial charge >= 0.3 is 11.9 Å². The molecule has 1 aliphatic rings. The van der Waals surface area contributed by atoms with Crippen molar-refractivity contribution in [2.75, 3.05) is 13.7 Å². The van der Waals surface area contributed by atoms with Gasteiger partial charge < -0.3 is 9.47 Å². The standard InChI is InChI=1S/C11H14O4/c1-14-10(12)7-11(13)15-8-9-5-3-2-4-6-9/h3-6,9H,2,7-8H2,1H3. The summed E-state index contributed by atoms with van der Waals surface area (Å²) in [5.41, 5.74) is 0. The Morgan fingerprint density at radius 2 is 1.93 bits per heavy atom. The average Bonchev–Trinajstić information content (AvgIpc) is 2.27. The number of rotatable bonds is 4. The summed E-state index contributed by atoms with van der Waals surface area (Å²) in [7, 11) is 1.24. The first-order valence-corrected chi connectivity index (χ1v) is 4.78. The molecule has 4 nitrogen and oxygen atoms in total. The molecule has 15 heavy (non-hydrogen) atoms. The van der Waals surface area contributed by atoms with Crippen LogP contribution in [0, 0.1) is 5.92 Å². The molecule has 0 bridgehead atoms. The predicted octanol–water partition coefficient (Wildman–Crippen LogP) is 1.22. The maximum atomic E-state index is 11.1. The monoisotopic (exact) mass is 210 g/mol. The molecule has 0 amide bonds. The van der Waals surface area contributed by atoms with E-state index in [-0.39, 0.29) is 18.9 Å². The van der Waals surface area contributed by atoms with E-state index in [1.54, 1.807) is 0 Å². The Bertz CT molecular complexity index is 279. The third-order valence-electron chi connectivity index (χ3n) is 1.99. The van der Waals surface area contributed by atoms with Gasteiger partial charge in [0.2, 0.25) is 0 Å². The van der Waals surface area contributed by atoms with Crippen LogP contribution < -0.4 is 0 Å². The zero-order valence-corrected chi connectivity index (χ0v) is 8.64. The number of ether oxygens (including phenoxy) is 2. The van der Waals surface area contributed by atoms with E-state index in [4.69, 9.17) is 4.74 Å². The summed E-state index contributed by atoms with van der Waals surface area (Å²) in [6.45, 7) is 0.281. The molecule has 0 fully saturated rings. The van der Waals surface area contributed by atoms with Gasteiger partial charge in [-0.2, -0.15) is 0 Å². The Labute approximate surface area is 88.6 Å². The Morgan fingerprint density at radius 3 is 2.53 bits per heavy atom. The molecule has 0 N–H and O–H groups in total. The second-order valence-corrected chi connectivity index (χ2v) is 3.19. The number of carbonyl (C=O) groups excluding carboxylic acids is 2. The van der Waals surface area contributed by atoms with Crippen LogP contribution in [-0.4, -0.2) is 25.7 Å². The number of methoxy groups -OCH3 is 1. The molecule has 0 aromatic heterocycles. The van der Waals surface area contributed by atoms with Crippen molar-refractivity contribution >= 4 is 11.9 Å². The minimum atomic E-state index is -0.574. The summed E-state index contributed by atoms with van der Waals surface area (Å²) >= 11 is 0. The summed E-state index contributed by atoms with van der Waals surface area (Å²) < 4.78 is 9.26. The molecule has 4 heteroatoms. The molecule has 0 saturated carbocycles. The third kappa shape index (κ3) is 4.44. The van der Waals surface area contributed by atoms with Crippen LogP contribution in [0.4, 0.5) is 0 Å². The number of hydrogen-bond donors (Lipinski definition) is 0. The largest absolute Gasteiger partial charge is 0.469 e. The predicted molar refractivity (Wildman–Crippen MR) is 54.0 cm³/mol. The second-order valence-electron chi connectivity index (χ2n) is 3.19. The molecule has 0 spiro atoms. The Balaban J connectivity index is 2.21. The SMILES string of the molecule is COC(=O)CC(=O)OCC1C=CCC=C1. The maximum Gasteiger partial charge on any atom is 0.317 e. The fourth-order valence-corrected chi connectivity index (χ4v) is 1.19. The summed E-state index contributed by atoms with van der Waals surface area (Å²) in [6, 6.07) is 0. The van der Waals surface area contributed by atoms with Crippen molar-refractivity contribution in [3.63, 3.8) is 0 Å². The zero-order valence-electron chi connectivity index (χ0n) is 8.64. The first-order chi connectivity index (χ1) is 7.22. The molecule has 82 valence electrons. The number of allylic oxidation sites excluding steroid dienone is 2. The lowest BCUT2D eigenvalue weighted by Gasteiger charge is -2.11. The van der Waals surface area contributed by atoms with Crippen molar-refractivity contribution in [1.29, 1.82) is 0 Å². The number of hydrogen-bond acceptors (Lipinski definition) is 4. The van der Waals surface area contributed by atoms with Crippen molar-refractivity contribution < 1.29 is 19.1 Å². The van der Waals surface area contributed by atoms with Gasteiger partial charge in [-0.05, 0) is 6.42 Å². The van der Waals surface area contributed by atoms with Crippen LogP contribution in [0.25, 0.3) is 0 Å². The molecule has 1 rings (SSSR count).